The van der Waals surface area contributed by atoms with Crippen LogP contribution in [-0.4, -0.2) is 38.9 Å². The third-order valence-electron chi connectivity index (χ3n) is 2.96. The zero-order chi connectivity index (χ0) is 15.7. The Kier molecular flexibility index (Phi) is 7.83. The van der Waals surface area contributed by atoms with Crippen LogP contribution in [0, 0.1) is 17.8 Å². The van der Waals surface area contributed by atoms with Gasteiger partial charge in [0.05, 0.1) is 0 Å². The third kappa shape index (κ3) is 5.76. The summed E-state index contributed by atoms with van der Waals surface area (Å²) >= 11 is 5.54. The molecule has 0 amide bonds. The van der Waals surface area contributed by atoms with Crippen LogP contribution in [0.5, 0.6) is 0 Å². The van der Waals surface area contributed by atoms with Crippen LogP contribution in [0.15, 0.2) is 15.8 Å². The maximum Gasteiger partial charge on any atom is 0.328 e. The molecule has 0 fully saturated rings. The molecule has 0 aromatic carbocycles. The quantitative estimate of drug-likeness (QED) is 0.372. The van der Waals surface area contributed by atoms with Crippen LogP contribution >= 0.6 is 11.6 Å². The van der Waals surface area contributed by atoms with Gasteiger partial charge in [0.2, 0.25) is 0 Å². The van der Waals surface area contributed by atoms with Gasteiger partial charge >= 0.3 is 5.69 Å². The molecule has 0 saturated carbocycles. The molecule has 0 bridgehead atoms. The van der Waals surface area contributed by atoms with Crippen molar-refractivity contribution in [3.8, 4) is 11.8 Å². The maximum atomic E-state index is 11.7. The number of aryl methyl sites for hydroxylation is 1. The summed E-state index contributed by atoms with van der Waals surface area (Å²) in [6.45, 7) is -0.0167. The molecule has 7 heteroatoms. The summed E-state index contributed by atoms with van der Waals surface area (Å²) in [6.07, 6.45) is 3.15. The molecule has 0 aliphatic heterocycles. The first-order chi connectivity index (χ1) is 10.1. The van der Waals surface area contributed by atoms with E-state index >= 15 is 0 Å². The first kappa shape index (κ1) is 17.5. The molecule has 0 radical (unpaired) electrons. The third-order valence-corrected chi connectivity index (χ3v) is 3.23. The Morgan fingerprint density at radius 2 is 2.05 bits per heavy atom. The number of hydrogen-bond donors (Lipinski definition) is 3. The Balaban J connectivity index is 2.87. The second-order valence-corrected chi connectivity index (χ2v) is 4.99. The van der Waals surface area contributed by atoms with Gasteiger partial charge in [0.1, 0.15) is 5.56 Å². The number of H-pyrrole nitrogens is 1. The fourth-order valence-corrected chi connectivity index (χ4v) is 1.77. The lowest BCUT2D eigenvalue weighted by molar-refractivity contribution is 0.140. The van der Waals surface area contributed by atoms with E-state index in [0.29, 0.717) is 18.7 Å². The lowest BCUT2D eigenvalue weighted by Crippen LogP contribution is -2.32. The highest BCUT2D eigenvalue weighted by Gasteiger charge is 2.08. The highest BCUT2D eigenvalue weighted by atomic mass is 35.5. The number of nitrogens with one attached hydrogen (secondary N) is 1. The number of alkyl halides is 1. The number of aromatic nitrogens is 2. The summed E-state index contributed by atoms with van der Waals surface area (Å²) in [4.78, 5) is 25.5. The van der Waals surface area contributed by atoms with Crippen molar-refractivity contribution in [2.75, 3.05) is 19.1 Å². The Morgan fingerprint density at radius 3 is 2.67 bits per heavy atom. The number of aliphatic hydroxyl groups excluding tert-OH is 2. The van der Waals surface area contributed by atoms with Gasteiger partial charge in [0.15, 0.2) is 0 Å². The van der Waals surface area contributed by atoms with E-state index in [4.69, 9.17) is 21.8 Å². The van der Waals surface area contributed by atoms with Gasteiger partial charge in [-0.25, -0.2) is 4.79 Å². The van der Waals surface area contributed by atoms with Gasteiger partial charge in [-0.15, -0.1) is 11.6 Å². The van der Waals surface area contributed by atoms with Crippen molar-refractivity contribution in [2.24, 2.45) is 5.92 Å². The van der Waals surface area contributed by atoms with Crippen LogP contribution in [-0.2, 0) is 6.54 Å². The van der Waals surface area contributed by atoms with E-state index in [-0.39, 0.29) is 31.2 Å². The molecule has 0 aliphatic carbocycles. The molecule has 3 N–H and O–H groups in total. The van der Waals surface area contributed by atoms with Crippen molar-refractivity contribution in [3.63, 3.8) is 0 Å². The number of hydrogen-bond acceptors (Lipinski definition) is 4. The van der Waals surface area contributed by atoms with E-state index in [0.717, 1.165) is 6.42 Å². The van der Waals surface area contributed by atoms with Crippen LogP contribution in [0.2, 0.25) is 0 Å². The lowest BCUT2D eigenvalue weighted by Gasteiger charge is -2.11. The molecular weight excluding hydrogens is 296 g/mol. The number of rotatable bonds is 7. The lowest BCUT2D eigenvalue weighted by atomic mass is 10.1. The minimum Gasteiger partial charge on any atom is -0.396 e. The fourth-order valence-electron chi connectivity index (χ4n) is 1.64. The van der Waals surface area contributed by atoms with Crippen molar-refractivity contribution in [2.45, 2.75) is 25.8 Å². The second-order valence-electron chi connectivity index (χ2n) is 4.61. The number of unbranched alkanes of at least 4 members (excludes halogenated alkanes) is 1. The number of nitrogens with zero attached hydrogens (tertiary/aromatic N) is 1. The molecule has 1 aromatic rings. The van der Waals surface area contributed by atoms with E-state index in [2.05, 4.69) is 16.8 Å². The summed E-state index contributed by atoms with van der Waals surface area (Å²) in [5.41, 5.74) is -0.829. The molecular formula is C14H19ClN2O4. The van der Waals surface area contributed by atoms with E-state index in [9.17, 15) is 9.59 Å². The van der Waals surface area contributed by atoms with Crippen LogP contribution in [0.1, 0.15) is 24.8 Å². The first-order valence-electron chi connectivity index (χ1n) is 6.72. The van der Waals surface area contributed by atoms with Crippen molar-refractivity contribution in [1.29, 1.82) is 0 Å². The summed E-state index contributed by atoms with van der Waals surface area (Å²) < 4.78 is 1.32. The van der Waals surface area contributed by atoms with Crippen molar-refractivity contribution < 1.29 is 10.2 Å². The van der Waals surface area contributed by atoms with Gasteiger partial charge in [0, 0.05) is 44.2 Å². The summed E-state index contributed by atoms with van der Waals surface area (Å²) in [7, 11) is 0. The second kappa shape index (κ2) is 9.40. The molecule has 21 heavy (non-hydrogen) atoms. The average molecular weight is 315 g/mol. The zero-order valence-electron chi connectivity index (χ0n) is 11.6. The van der Waals surface area contributed by atoms with Crippen LogP contribution in [0.25, 0.3) is 0 Å². The van der Waals surface area contributed by atoms with Gasteiger partial charge in [-0.05, 0) is 12.8 Å². The highest BCUT2D eigenvalue weighted by molar-refractivity contribution is 6.17. The smallest absolute Gasteiger partial charge is 0.328 e. The molecule has 1 rings (SSSR count). The van der Waals surface area contributed by atoms with E-state index in [1.54, 1.807) is 0 Å². The van der Waals surface area contributed by atoms with E-state index in [1.807, 2.05) is 0 Å². The molecule has 0 unspecified atom stereocenters. The van der Waals surface area contributed by atoms with Gasteiger partial charge in [-0.2, -0.15) is 0 Å². The van der Waals surface area contributed by atoms with E-state index < -0.39 is 11.2 Å². The molecule has 0 atom stereocenters. The Morgan fingerprint density at radius 1 is 1.33 bits per heavy atom. The minimum absolute atomic E-state index is 0.153. The Bertz CT molecular complexity index is 608. The van der Waals surface area contributed by atoms with E-state index in [1.165, 1.54) is 10.8 Å². The number of halogens is 1. The van der Waals surface area contributed by atoms with Gasteiger partial charge in [-0.3, -0.25) is 14.3 Å². The van der Waals surface area contributed by atoms with Gasteiger partial charge < -0.3 is 10.2 Å². The summed E-state index contributed by atoms with van der Waals surface area (Å²) in [5.74, 6) is 5.77. The first-order valence-corrected chi connectivity index (χ1v) is 7.26. The maximum absolute atomic E-state index is 11.7. The predicted octanol–water partition coefficient (Wildman–Crippen LogP) is -0.102. The predicted molar refractivity (Wildman–Crippen MR) is 80.4 cm³/mol. The molecule has 116 valence electrons. The molecule has 0 saturated heterocycles. The van der Waals surface area contributed by atoms with Gasteiger partial charge in [-0.1, -0.05) is 11.8 Å². The SMILES string of the molecule is O=c1[nH]c(=O)n(CCC(CO)CO)cc1C#CCCCCl. The fraction of sp³-hybridized carbons (Fsp3) is 0.571. The summed E-state index contributed by atoms with van der Waals surface area (Å²) in [5, 5.41) is 18.0. The Labute approximate surface area is 127 Å². The molecule has 1 aromatic heterocycles. The summed E-state index contributed by atoms with van der Waals surface area (Å²) in [6, 6.07) is 0. The molecule has 1 heterocycles. The normalized spacial score (nSPS) is 10.5. The van der Waals surface area contributed by atoms with Gasteiger partial charge in [0.25, 0.3) is 5.56 Å². The number of aliphatic hydroxyl groups is 2. The van der Waals surface area contributed by atoms with Crippen LogP contribution in [0.4, 0.5) is 0 Å². The number of aromatic amines is 1. The van der Waals surface area contributed by atoms with Crippen molar-refractivity contribution in [3.05, 3.63) is 32.6 Å². The Hall–Kier alpha value is -1.55. The monoisotopic (exact) mass is 314 g/mol. The highest BCUT2D eigenvalue weighted by Crippen LogP contribution is 2.02. The minimum atomic E-state index is -0.527. The molecule has 6 nitrogen and oxygen atoms in total. The van der Waals surface area contributed by atoms with Crippen molar-refractivity contribution >= 4 is 11.6 Å². The van der Waals surface area contributed by atoms with Crippen LogP contribution < -0.4 is 11.2 Å². The molecule has 0 aliphatic rings. The largest absolute Gasteiger partial charge is 0.396 e. The molecule has 0 spiro atoms. The topological polar surface area (TPSA) is 95.3 Å². The van der Waals surface area contributed by atoms with Crippen LogP contribution in [0.3, 0.4) is 0 Å². The standard InChI is InChI=1S/C14H19ClN2O4/c15-6-3-1-2-4-12-8-17(14(21)16-13(12)20)7-5-11(9-18)10-19/h8,11,18-19H,1,3,5-7,9-10H2,(H,16,20,21). The zero-order valence-corrected chi connectivity index (χ0v) is 12.4. The average Bonchev–Trinajstić information content (AvgIpc) is 2.48. The van der Waals surface area contributed by atoms with Crippen molar-refractivity contribution in [1.82, 2.24) is 9.55 Å².